The number of hydrogen-bond donors (Lipinski definition) is 2. The number of rotatable bonds is 4. The zero-order chi connectivity index (χ0) is 29.5. The summed E-state index contributed by atoms with van der Waals surface area (Å²) in [5.74, 6) is 1.08. The van der Waals surface area contributed by atoms with Gasteiger partial charge in [0.1, 0.15) is 6.61 Å². The quantitative estimate of drug-likeness (QED) is 0.322. The van der Waals surface area contributed by atoms with E-state index in [1.54, 1.807) is 0 Å². The third-order valence-electron chi connectivity index (χ3n) is 8.19. The first kappa shape index (κ1) is 29.4. The molecule has 4 bridgehead atoms. The molecule has 8 heteroatoms. The van der Waals surface area contributed by atoms with Crippen molar-refractivity contribution in [1.82, 2.24) is 14.9 Å². The van der Waals surface area contributed by atoms with Gasteiger partial charge in [-0.15, -0.1) is 0 Å². The molecule has 1 aliphatic carbocycles. The van der Waals surface area contributed by atoms with Gasteiger partial charge in [-0.1, -0.05) is 45.0 Å². The number of hydrogen-bond acceptors (Lipinski definition) is 7. The fraction of sp³-hybridized carbons (Fsp3) is 0.485. The Labute approximate surface area is 248 Å². The van der Waals surface area contributed by atoms with E-state index in [2.05, 4.69) is 57.5 Å². The third-order valence-corrected chi connectivity index (χ3v) is 8.96. The summed E-state index contributed by atoms with van der Waals surface area (Å²) in [6.45, 7) is 14.8. The van der Waals surface area contributed by atoms with E-state index in [9.17, 15) is 9.90 Å². The fourth-order valence-electron chi connectivity index (χ4n) is 5.98. The molecule has 3 aromatic rings. The molecule has 7 nitrogen and oxygen atoms in total. The van der Waals surface area contributed by atoms with Gasteiger partial charge in [0, 0.05) is 28.1 Å². The summed E-state index contributed by atoms with van der Waals surface area (Å²) in [5.41, 5.74) is 3.95. The molecule has 41 heavy (non-hydrogen) atoms. The molecule has 1 aromatic heterocycles. The normalized spacial score (nSPS) is 21.5. The van der Waals surface area contributed by atoms with Crippen LogP contribution in [0.2, 0.25) is 0 Å². The number of ether oxygens (including phenoxy) is 1. The number of fused-ring (bicyclic) bond motifs is 4. The molecule has 2 aromatic carbocycles. The highest BCUT2D eigenvalue weighted by molar-refractivity contribution is 8.00. The van der Waals surface area contributed by atoms with Crippen LogP contribution in [0.15, 0.2) is 53.4 Å². The number of benzene rings is 2. The molecule has 2 heterocycles. The second-order valence-corrected chi connectivity index (χ2v) is 14.2. The Balaban J connectivity index is 1.58. The molecular formula is C33H42N4O3S. The van der Waals surface area contributed by atoms with E-state index >= 15 is 0 Å². The van der Waals surface area contributed by atoms with Crippen LogP contribution in [-0.2, 0) is 0 Å². The van der Waals surface area contributed by atoms with Gasteiger partial charge in [0.2, 0.25) is 11.8 Å². The van der Waals surface area contributed by atoms with Crippen LogP contribution >= 0.6 is 11.9 Å². The van der Waals surface area contributed by atoms with Crippen molar-refractivity contribution in [2.24, 2.45) is 11.3 Å². The van der Waals surface area contributed by atoms with Crippen LogP contribution in [0.5, 0.6) is 5.88 Å². The lowest BCUT2D eigenvalue weighted by atomic mass is 9.70. The topological polar surface area (TPSA) is 87.6 Å². The lowest BCUT2D eigenvalue weighted by Crippen LogP contribution is -2.58. The maximum absolute atomic E-state index is 14.3. The number of nitrogens with zero attached hydrogens (tertiary/aromatic N) is 3. The monoisotopic (exact) mass is 574 g/mol. The van der Waals surface area contributed by atoms with Crippen molar-refractivity contribution < 1.29 is 14.6 Å². The Kier molecular flexibility index (Phi) is 8.09. The molecule has 1 saturated carbocycles. The summed E-state index contributed by atoms with van der Waals surface area (Å²) < 4.78 is 9.75. The fourth-order valence-corrected chi connectivity index (χ4v) is 6.62. The number of aryl methyl sites for hydroxylation is 2. The van der Waals surface area contributed by atoms with Gasteiger partial charge >= 0.3 is 0 Å². The number of amides is 1. The first-order valence-corrected chi connectivity index (χ1v) is 15.3. The van der Waals surface area contributed by atoms with E-state index in [4.69, 9.17) is 14.7 Å². The minimum absolute atomic E-state index is 0.00207. The Morgan fingerprint density at radius 3 is 2.37 bits per heavy atom. The first-order chi connectivity index (χ1) is 19.3. The summed E-state index contributed by atoms with van der Waals surface area (Å²) in [6.07, 6.45) is 2.29. The Morgan fingerprint density at radius 2 is 1.71 bits per heavy atom. The van der Waals surface area contributed by atoms with E-state index < -0.39 is 5.60 Å². The number of aromatic nitrogens is 2. The largest absolute Gasteiger partial charge is 0.475 e. The van der Waals surface area contributed by atoms with E-state index in [1.165, 1.54) is 11.9 Å². The van der Waals surface area contributed by atoms with Gasteiger partial charge in [-0.3, -0.25) is 9.52 Å². The molecule has 0 radical (unpaired) electrons. The molecule has 2 aliphatic rings. The Morgan fingerprint density at radius 1 is 1.02 bits per heavy atom. The zero-order valence-corrected chi connectivity index (χ0v) is 26.0. The van der Waals surface area contributed by atoms with Gasteiger partial charge in [0.15, 0.2) is 0 Å². The van der Waals surface area contributed by atoms with Crippen molar-refractivity contribution in [3.8, 4) is 17.1 Å². The maximum Gasteiger partial charge on any atom is 0.254 e. The van der Waals surface area contributed by atoms with Gasteiger partial charge in [-0.05, 0) is 99.6 Å². The van der Waals surface area contributed by atoms with Crippen molar-refractivity contribution in [3.05, 3.63) is 65.2 Å². The predicted octanol–water partition coefficient (Wildman–Crippen LogP) is 7.07. The van der Waals surface area contributed by atoms with E-state index in [-0.39, 0.29) is 29.3 Å². The maximum atomic E-state index is 14.3. The molecule has 0 spiro atoms. The average Bonchev–Trinajstić information content (AvgIpc) is 2.85. The highest BCUT2D eigenvalue weighted by atomic mass is 32.2. The predicted molar refractivity (Wildman–Crippen MR) is 165 cm³/mol. The molecule has 5 rings (SSSR count). The van der Waals surface area contributed by atoms with Crippen molar-refractivity contribution in [1.29, 1.82) is 0 Å². The van der Waals surface area contributed by atoms with Crippen LogP contribution in [0.3, 0.4) is 0 Å². The van der Waals surface area contributed by atoms with Crippen molar-refractivity contribution in [3.63, 3.8) is 0 Å². The lowest BCUT2D eigenvalue weighted by molar-refractivity contribution is -0.0656. The van der Waals surface area contributed by atoms with Crippen LogP contribution in [-0.4, -0.2) is 50.2 Å². The highest BCUT2D eigenvalue weighted by Gasteiger charge is 2.45. The van der Waals surface area contributed by atoms with Gasteiger partial charge in [0.05, 0.1) is 17.3 Å². The van der Waals surface area contributed by atoms with Crippen molar-refractivity contribution in [2.45, 2.75) is 90.3 Å². The molecule has 1 atom stereocenters. The summed E-state index contributed by atoms with van der Waals surface area (Å²) in [6, 6.07) is 15.7. The van der Waals surface area contributed by atoms with E-state index in [0.29, 0.717) is 24.0 Å². The lowest BCUT2D eigenvalue weighted by Gasteiger charge is -2.50. The Hall–Kier alpha value is -3.10. The van der Waals surface area contributed by atoms with Gasteiger partial charge < -0.3 is 14.7 Å². The third kappa shape index (κ3) is 6.70. The summed E-state index contributed by atoms with van der Waals surface area (Å²) in [4.78, 5) is 26.8. The number of anilines is 1. The summed E-state index contributed by atoms with van der Waals surface area (Å²) in [5, 5.41) is 10.7. The van der Waals surface area contributed by atoms with Crippen LogP contribution in [0.4, 0.5) is 5.95 Å². The van der Waals surface area contributed by atoms with Crippen molar-refractivity contribution in [2.75, 3.05) is 11.3 Å². The first-order valence-electron chi connectivity index (χ1n) is 14.4. The molecule has 0 saturated heterocycles. The molecular weight excluding hydrogens is 532 g/mol. The molecule has 0 unspecified atom stereocenters. The van der Waals surface area contributed by atoms with Crippen LogP contribution in [0.25, 0.3) is 11.3 Å². The second kappa shape index (κ2) is 11.3. The van der Waals surface area contributed by atoms with Gasteiger partial charge in [-0.25, -0.2) is 4.98 Å². The smallest absolute Gasteiger partial charge is 0.254 e. The second-order valence-electron chi connectivity index (χ2n) is 13.3. The zero-order valence-electron chi connectivity index (χ0n) is 25.2. The standard InChI is InChI=1S/C33H42N4O3S/c1-20-10-8-11-21(2)29(20)27-17-28-35-31(34-27)36-41-26-13-9-12-22(14-26)30(38)37(24-15-23(16-24)33(6,7)39)25(19-40-28)18-32(3,4)5/h8-14,17,23-25,39H,15-16,18-19H2,1-7H3,(H,34,35,36)/t23?,24?,25-/m1/s1. The van der Waals surface area contributed by atoms with E-state index in [1.807, 2.05) is 49.1 Å². The minimum atomic E-state index is -0.774. The number of carbonyl (C=O) groups excluding carboxylic acids is 1. The average molecular weight is 575 g/mol. The number of nitrogens with one attached hydrogen (secondary N) is 1. The molecule has 1 aliphatic heterocycles. The highest BCUT2D eigenvalue weighted by Crippen LogP contribution is 2.42. The number of carbonyl (C=O) groups is 1. The summed E-state index contributed by atoms with van der Waals surface area (Å²) in [7, 11) is 0. The molecule has 218 valence electrons. The van der Waals surface area contributed by atoms with Crippen LogP contribution in [0.1, 0.15) is 75.4 Å². The van der Waals surface area contributed by atoms with Gasteiger partial charge in [0.25, 0.3) is 5.91 Å². The van der Waals surface area contributed by atoms with Gasteiger partial charge in [-0.2, -0.15) is 4.98 Å². The molecule has 2 N–H and O–H groups in total. The van der Waals surface area contributed by atoms with E-state index in [0.717, 1.165) is 46.5 Å². The molecule has 1 fully saturated rings. The summed E-state index contributed by atoms with van der Waals surface area (Å²) >= 11 is 1.38. The SMILES string of the molecule is Cc1cccc(C)c1-c1cc2nc(n1)NSc1cccc(c1)C(=O)N(C1CC(C(C)(C)O)C1)[C@H](CC(C)(C)C)CO2. The number of aliphatic hydroxyl groups is 1. The Bertz CT molecular complexity index is 1400. The van der Waals surface area contributed by atoms with Crippen molar-refractivity contribution >= 4 is 23.8 Å². The van der Waals surface area contributed by atoms with Crippen LogP contribution in [0, 0.1) is 25.2 Å². The molecule has 1 amide bonds. The van der Waals surface area contributed by atoms with Crippen LogP contribution < -0.4 is 9.46 Å². The minimum Gasteiger partial charge on any atom is -0.475 e.